The van der Waals surface area contributed by atoms with E-state index >= 15 is 0 Å². The van der Waals surface area contributed by atoms with Crippen molar-refractivity contribution in [2.24, 2.45) is 5.92 Å². The highest BCUT2D eigenvalue weighted by Gasteiger charge is 2.47. The molecule has 1 saturated heterocycles. The zero-order chi connectivity index (χ0) is 19.4. The van der Waals surface area contributed by atoms with Crippen LogP contribution in [-0.4, -0.2) is 53.5 Å². The molecule has 1 aliphatic rings. The summed E-state index contributed by atoms with van der Waals surface area (Å²) in [5, 5.41) is 14.6. The van der Waals surface area contributed by atoms with Crippen LogP contribution in [0.1, 0.15) is 31.9 Å². The van der Waals surface area contributed by atoms with E-state index in [1.54, 1.807) is 33.0 Å². The molecular formula is C18H24FN3O4. The fourth-order valence-corrected chi connectivity index (χ4v) is 3.36. The largest absolute Gasteiger partial charge is 0.480 e. The van der Waals surface area contributed by atoms with Gasteiger partial charge in [-0.05, 0) is 33.4 Å². The molecule has 0 aromatic heterocycles. The first-order valence-corrected chi connectivity index (χ1v) is 8.48. The maximum absolute atomic E-state index is 14.3. The van der Waals surface area contributed by atoms with E-state index in [4.69, 9.17) is 0 Å². The van der Waals surface area contributed by atoms with E-state index in [2.05, 4.69) is 10.6 Å². The Hall–Kier alpha value is -2.48. The number of hydrogen-bond acceptors (Lipinski definition) is 4. The summed E-state index contributed by atoms with van der Waals surface area (Å²) < 4.78 is 14.3. The molecule has 0 bridgehead atoms. The number of nitrogens with one attached hydrogen (secondary N) is 2. The monoisotopic (exact) mass is 365 g/mol. The summed E-state index contributed by atoms with van der Waals surface area (Å²) >= 11 is 0. The molecule has 8 heteroatoms. The molecule has 3 N–H and O–H groups in total. The second-order valence-corrected chi connectivity index (χ2v) is 6.77. The van der Waals surface area contributed by atoms with Gasteiger partial charge in [-0.15, -0.1) is 0 Å². The molecule has 0 radical (unpaired) electrons. The maximum atomic E-state index is 14.3. The van der Waals surface area contributed by atoms with E-state index in [-0.39, 0.29) is 30.5 Å². The Morgan fingerprint density at radius 2 is 1.96 bits per heavy atom. The van der Waals surface area contributed by atoms with Crippen molar-refractivity contribution in [3.63, 3.8) is 0 Å². The highest BCUT2D eigenvalue weighted by molar-refractivity contribution is 5.87. The van der Waals surface area contributed by atoms with Gasteiger partial charge in [0.15, 0.2) is 0 Å². The number of carboxylic acids is 1. The summed E-state index contributed by atoms with van der Waals surface area (Å²) in [5.41, 5.74) is 0.269. The van der Waals surface area contributed by atoms with Crippen molar-refractivity contribution >= 4 is 17.8 Å². The predicted molar refractivity (Wildman–Crippen MR) is 92.7 cm³/mol. The second kappa shape index (κ2) is 8.27. The lowest BCUT2D eigenvalue weighted by atomic mass is 9.92. The van der Waals surface area contributed by atoms with Gasteiger partial charge in [-0.2, -0.15) is 0 Å². The molecule has 1 heterocycles. The Balaban J connectivity index is 2.20. The van der Waals surface area contributed by atoms with Crippen LogP contribution in [-0.2, 0) is 14.4 Å². The predicted octanol–water partition coefficient (Wildman–Crippen LogP) is 0.913. The van der Waals surface area contributed by atoms with Crippen LogP contribution in [0.25, 0.3) is 0 Å². The van der Waals surface area contributed by atoms with Crippen molar-refractivity contribution in [1.29, 1.82) is 0 Å². The molecule has 2 amide bonds. The van der Waals surface area contributed by atoms with Gasteiger partial charge in [0.05, 0.1) is 12.5 Å². The zero-order valence-electron chi connectivity index (χ0n) is 15.0. The minimum Gasteiger partial charge on any atom is -0.480 e. The van der Waals surface area contributed by atoms with Crippen LogP contribution in [0.15, 0.2) is 24.3 Å². The smallest absolute Gasteiger partial charge is 0.320 e. The second-order valence-electron chi connectivity index (χ2n) is 6.77. The van der Waals surface area contributed by atoms with Crippen molar-refractivity contribution in [2.45, 2.75) is 38.4 Å². The summed E-state index contributed by atoms with van der Waals surface area (Å²) in [7, 11) is 1.56. The molecule has 0 spiro atoms. The Bertz CT molecular complexity index is 695. The van der Waals surface area contributed by atoms with Gasteiger partial charge >= 0.3 is 5.97 Å². The van der Waals surface area contributed by atoms with Crippen molar-refractivity contribution in [2.75, 3.05) is 13.6 Å². The average Bonchev–Trinajstić information content (AvgIpc) is 2.90. The Morgan fingerprint density at radius 3 is 2.54 bits per heavy atom. The maximum Gasteiger partial charge on any atom is 0.320 e. The summed E-state index contributed by atoms with van der Waals surface area (Å²) in [6.45, 7) is 3.40. The van der Waals surface area contributed by atoms with Gasteiger partial charge in [-0.3, -0.25) is 19.3 Å². The summed E-state index contributed by atoms with van der Waals surface area (Å²) in [4.78, 5) is 37.3. The molecule has 1 aromatic carbocycles. The lowest BCUT2D eigenvalue weighted by molar-refractivity contribution is -0.142. The van der Waals surface area contributed by atoms with Gasteiger partial charge in [-0.25, -0.2) is 4.39 Å². The van der Waals surface area contributed by atoms with E-state index in [9.17, 15) is 23.9 Å². The van der Waals surface area contributed by atoms with E-state index in [1.807, 2.05) is 0 Å². The minimum absolute atomic E-state index is 0.0441. The fraction of sp³-hybridized carbons (Fsp3) is 0.500. The SMILES string of the molecule is CC(C)NC(=O)CNC(=O)[C@H]1C[C@@H](C(=O)O)N(C)[C@H]1c1ccccc1F. The van der Waals surface area contributed by atoms with Gasteiger partial charge in [0.25, 0.3) is 0 Å². The number of likely N-dealkylation sites (N-methyl/N-ethyl adjacent to an activating group) is 1. The van der Waals surface area contributed by atoms with E-state index in [0.29, 0.717) is 0 Å². The fourth-order valence-electron chi connectivity index (χ4n) is 3.36. The molecule has 3 atom stereocenters. The molecule has 142 valence electrons. The first-order chi connectivity index (χ1) is 12.2. The van der Waals surface area contributed by atoms with Crippen LogP contribution in [0, 0.1) is 11.7 Å². The topological polar surface area (TPSA) is 98.7 Å². The number of carbonyl (C=O) groups is 3. The summed E-state index contributed by atoms with van der Waals surface area (Å²) in [6, 6.07) is 4.33. The zero-order valence-corrected chi connectivity index (χ0v) is 15.0. The van der Waals surface area contributed by atoms with Crippen molar-refractivity contribution in [3.8, 4) is 0 Å². The molecule has 0 aliphatic carbocycles. The number of amides is 2. The van der Waals surface area contributed by atoms with Crippen molar-refractivity contribution < 1.29 is 23.9 Å². The Morgan fingerprint density at radius 1 is 1.31 bits per heavy atom. The molecule has 7 nitrogen and oxygen atoms in total. The molecule has 2 rings (SSSR count). The molecule has 1 fully saturated rings. The molecule has 0 unspecified atom stereocenters. The van der Waals surface area contributed by atoms with Crippen molar-refractivity contribution in [3.05, 3.63) is 35.6 Å². The van der Waals surface area contributed by atoms with Gasteiger partial charge in [0, 0.05) is 17.6 Å². The number of nitrogens with zero attached hydrogens (tertiary/aromatic N) is 1. The third kappa shape index (κ3) is 4.37. The van der Waals surface area contributed by atoms with Crippen LogP contribution in [0.3, 0.4) is 0 Å². The van der Waals surface area contributed by atoms with Gasteiger partial charge in [0.1, 0.15) is 11.9 Å². The number of carboxylic acid groups (broad SMARTS) is 1. The van der Waals surface area contributed by atoms with E-state index < -0.39 is 35.7 Å². The first kappa shape index (κ1) is 19.8. The standard InChI is InChI=1S/C18H24FN3O4/c1-10(2)21-15(23)9-20-17(24)12-8-14(18(25)26)22(3)16(12)11-6-4-5-7-13(11)19/h4-7,10,12,14,16H,8-9H2,1-3H3,(H,20,24)(H,21,23)(H,25,26)/t12-,14-,16-/m0/s1. The summed E-state index contributed by atoms with van der Waals surface area (Å²) in [6.07, 6.45) is 0.0441. The number of rotatable bonds is 6. The highest BCUT2D eigenvalue weighted by Crippen LogP contribution is 2.41. The number of halogens is 1. The van der Waals surface area contributed by atoms with Gasteiger partial charge in [-0.1, -0.05) is 18.2 Å². The summed E-state index contributed by atoms with van der Waals surface area (Å²) in [5.74, 6) is -3.14. The minimum atomic E-state index is -1.07. The third-order valence-corrected chi connectivity index (χ3v) is 4.51. The number of likely N-dealkylation sites (tertiary alicyclic amines) is 1. The normalized spacial score (nSPS) is 23.0. The Labute approximate surface area is 151 Å². The van der Waals surface area contributed by atoms with E-state index in [0.717, 1.165) is 0 Å². The quantitative estimate of drug-likeness (QED) is 0.696. The van der Waals surface area contributed by atoms with Crippen LogP contribution in [0.4, 0.5) is 4.39 Å². The van der Waals surface area contributed by atoms with Gasteiger partial charge < -0.3 is 15.7 Å². The average molecular weight is 365 g/mol. The van der Waals surface area contributed by atoms with Gasteiger partial charge in [0.2, 0.25) is 11.8 Å². The van der Waals surface area contributed by atoms with Crippen LogP contribution in [0.2, 0.25) is 0 Å². The lowest BCUT2D eigenvalue weighted by Crippen LogP contribution is -2.42. The van der Waals surface area contributed by atoms with Crippen LogP contribution < -0.4 is 10.6 Å². The van der Waals surface area contributed by atoms with Crippen molar-refractivity contribution in [1.82, 2.24) is 15.5 Å². The number of hydrogen-bond donors (Lipinski definition) is 3. The molecule has 26 heavy (non-hydrogen) atoms. The molecule has 1 aromatic rings. The number of aliphatic carboxylic acids is 1. The molecule has 1 aliphatic heterocycles. The molecular weight excluding hydrogens is 341 g/mol. The number of carbonyl (C=O) groups excluding carboxylic acids is 2. The Kier molecular flexibility index (Phi) is 6.31. The highest BCUT2D eigenvalue weighted by atomic mass is 19.1. The lowest BCUT2D eigenvalue weighted by Gasteiger charge is -2.26. The van der Waals surface area contributed by atoms with Crippen LogP contribution in [0.5, 0.6) is 0 Å². The third-order valence-electron chi connectivity index (χ3n) is 4.51. The number of benzene rings is 1. The van der Waals surface area contributed by atoms with E-state index in [1.165, 1.54) is 17.0 Å². The molecule has 0 saturated carbocycles. The van der Waals surface area contributed by atoms with Crippen LogP contribution >= 0.6 is 0 Å². The first-order valence-electron chi connectivity index (χ1n) is 8.48.